The number of carbonyl (C=O) groups excluding carboxylic acids is 1. The molecule has 148 valence electrons. The number of amides is 1. The summed E-state index contributed by atoms with van der Waals surface area (Å²) in [5, 5.41) is 19.7. The lowest BCUT2D eigenvalue weighted by atomic mass is 10.1. The van der Waals surface area contributed by atoms with Gasteiger partial charge in [0.15, 0.2) is 6.10 Å². The highest BCUT2D eigenvalue weighted by atomic mass is 79.9. The fraction of sp³-hybridized carbons (Fsp3) is 0.429. The maximum atomic E-state index is 11.7. The van der Waals surface area contributed by atoms with Gasteiger partial charge in [-0.15, -0.1) is 0 Å². The van der Waals surface area contributed by atoms with Gasteiger partial charge in [0.1, 0.15) is 0 Å². The maximum Gasteiger partial charge on any atom is 0.490 e. The summed E-state index contributed by atoms with van der Waals surface area (Å²) in [6, 6.07) is 7.09. The number of carboxylic acids is 1. The summed E-state index contributed by atoms with van der Waals surface area (Å²) in [7, 11) is 3.35. The minimum Gasteiger partial charge on any atom is -0.475 e. The molecule has 0 aromatic heterocycles. The molecule has 0 fully saturated rings. The Morgan fingerprint density at radius 2 is 1.85 bits per heavy atom. The van der Waals surface area contributed by atoms with E-state index in [1.165, 1.54) is 0 Å². The molecule has 1 rings (SSSR count). The van der Waals surface area contributed by atoms with Crippen molar-refractivity contribution >= 4 is 49.4 Å². The normalized spacial score (nSPS) is 11.9. The first-order valence-corrected chi connectivity index (χ1v) is 10.3. The second-order valence-corrected chi connectivity index (χ2v) is 8.10. The minimum atomic E-state index is -5.08. The lowest BCUT2D eigenvalue weighted by Crippen LogP contribution is -2.30. The summed E-state index contributed by atoms with van der Waals surface area (Å²) in [5.74, 6) is -1.43. The van der Waals surface area contributed by atoms with Gasteiger partial charge in [-0.2, -0.15) is 13.2 Å². The number of carbonyl (C=O) groups is 2. The van der Waals surface area contributed by atoms with E-state index in [4.69, 9.17) is 15.6 Å². The molecule has 1 amide bonds. The van der Waals surface area contributed by atoms with Crippen LogP contribution in [0.3, 0.4) is 0 Å². The van der Waals surface area contributed by atoms with E-state index in [1.54, 1.807) is 39.8 Å². The zero-order valence-electron chi connectivity index (χ0n) is 13.3. The first-order chi connectivity index (χ1) is 12.1. The van der Waals surface area contributed by atoms with Crippen molar-refractivity contribution < 1.29 is 33.0 Å². The van der Waals surface area contributed by atoms with E-state index in [-0.39, 0.29) is 5.91 Å². The molecule has 1 aromatic carbocycles. The second-order valence-electron chi connectivity index (χ2n) is 4.48. The molecular weight excluding hydrogens is 461 g/mol. The van der Waals surface area contributed by atoms with Crippen LogP contribution in [0, 0.1) is 0 Å². The standard InChI is InChI=1S/C12H17BrN2O2S2.C2HF3O2/c13-10-3-1-2-9(8-10)11(16)12(17)15-5-7-19-18-6-4-14;3-2(4,5)1(6)7/h1-3,8,11,16H,4-7,14H2,(H,15,17);(H,6,7). The van der Waals surface area contributed by atoms with Crippen LogP contribution < -0.4 is 11.1 Å². The van der Waals surface area contributed by atoms with Gasteiger partial charge < -0.3 is 21.3 Å². The Kier molecular flexibility index (Phi) is 12.8. The van der Waals surface area contributed by atoms with Crippen LogP contribution in [0.15, 0.2) is 28.7 Å². The van der Waals surface area contributed by atoms with E-state index >= 15 is 0 Å². The van der Waals surface area contributed by atoms with Crippen LogP contribution in [0.5, 0.6) is 0 Å². The van der Waals surface area contributed by atoms with Gasteiger partial charge in [-0.1, -0.05) is 49.7 Å². The third-order valence-electron chi connectivity index (χ3n) is 2.42. The summed E-state index contributed by atoms with van der Waals surface area (Å²) < 4.78 is 32.6. The molecule has 5 N–H and O–H groups in total. The van der Waals surface area contributed by atoms with Crippen LogP contribution in [0.25, 0.3) is 0 Å². The summed E-state index contributed by atoms with van der Waals surface area (Å²) in [5.41, 5.74) is 5.95. The molecule has 0 heterocycles. The average molecular weight is 479 g/mol. The van der Waals surface area contributed by atoms with Gasteiger partial charge in [0.25, 0.3) is 5.91 Å². The van der Waals surface area contributed by atoms with Crippen molar-refractivity contribution in [2.24, 2.45) is 5.73 Å². The molecule has 0 saturated carbocycles. The number of halogens is 4. The first kappa shape index (κ1) is 25.1. The van der Waals surface area contributed by atoms with Gasteiger partial charge in [-0.25, -0.2) is 4.79 Å². The van der Waals surface area contributed by atoms with Gasteiger partial charge >= 0.3 is 12.1 Å². The number of aliphatic hydroxyl groups is 1. The molecule has 0 saturated heterocycles. The van der Waals surface area contributed by atoms with Crippen molar-refractivity contribution in [1.29, 1.82) is 0 Å². The van der Waals surface area contributed by atoms with E-state index in [0.717, 1.165) is 16.0 Å². The number of rotatable bonds is 8. The highest BCUT2D eigenvalue weighted by molar-refractivity contribution is 9.10. The number of nitrogens with two attached hydrogens (primary N) is 1. The topological polar surface area (TPSA) is 113 Å². The minimum absolute atomic E-state index is 0.373. The molecule has 12 heteroatoms. The quantitative estimate of drug-likeness (QED) is 0.335. The first-order valence-electron chi connectivity index (χ1n) is 7.05. The molecule has 1 aromatic rings. The summed E-state index contributed by atoms with van der Waals surface area (Å²) >= 11 is 3.31. The predicted octanol–water partition coefficient (Wildman–Crippen LogP) is 2.57. The van der Waals surface area contributed by atoms with Crippen LogP contribution in [-0.2, 0) is 9.59 Å². The Balaban J connectivity index is 0.000000758. The number of benzene rings is 1. The van der Waals surface area contributed by atoms with Crippen molar-refractivity contribution in [1.82, 2.24) is 5.32 Å². The molecule has 26 heavy (non-hydrogen) atoms. The Morgan fingerprint density at radius 3 is 2.35 bits per heavy atom. The fourth-order valence-corrected chi connectivity index (χ4v) is 3.49. The van der Waals surface area contributed by atoms with Crippen molar-refractivity contribution in [3.8, 4) is 0 Å². The molecule has 1 atom stereocenters. The zero-order chi connectivity index (χ0) is 20.2. The van der Waals surface area contributed by atoms with Gasteiger partial charge in [-0.3, -0.25) is 4.79 Å². The smallest absolute Gasteiger partial charge is 0.475 e. The summed E-state index contributed by atoms with van der Waals surface area (Å²) in [4.78, 5) is 20.6. The number of nitrogens with one attached hydrogen (secondary N) is 1. The SMILES string of the molecule is NCCSSCCNC(=O)C(O)c1cccc(Br)c1.O=C(O)C(F)(F)F. The van der Waals surface area contributed by atoms with Crippen molar-refractivity contribution in [2.75, 3.05) is 24.6 Å². The van der Waals surface area contributed by atoms with Gasteiger partial charge in [0, 0.05) is 29.1 Å². The number of carboxylic acid groups (broad SMARTS) is 1. The van der Waals surface area contributed by atoms with Crippen LogP contribution >= 0.6 is 37.5 Å². The number of aliphatic hydroxyl groups excluding tert-OH is 1. The van der Waals surface area contributed by atoms with Crippen LogP contribution in [0.1, 0.15) is 11.7 Å². The van der Waals surface area contributed by atoms with E-state index in [9.17, 15) is 23.1 Å². The number of alkyl halides is 3. The molecule has 0 aliphatic heterocycles. The highest BCUT2D eigenvalue weighted by Crippen LogP contribution is 2.20. The molecule has 1 unspecified atom stereocenters. The molecule has 0 aliphatic carbocycles. The van der Waals surface area contributed by atoms with Gasteiger partial charge in [-0.05, 0) is 17.7 Å². The fourth-order valence-electron chi connectivity index (χ4n) is 1.31. The van der Waals surface area contributed by atoms with Crippen molar-refractivity contribution in [3.63, 3.8) is 0 Å². The van der Waals surface area contributed by atoms with E-state index in [1.807, 2.05) is 6.07 Å². The lowest BCUT2D eigenvalue weighted by Gasteiger charge is -2.11. The molecule has 0 spiro atoms. The largest absolute Gasteiger partial charge is 0.490 e. The molecular formula is C14H18BrF3N2O4S2. The van der Waals surface area contributed by atoms with E-state index in [2.05, 4.69) is 21.2 Å². The van der Waals surface area contributed by atoms with E-state index < -0.39 is 18.2 Å². The molecule has 0 radical (unpaired) electrons. The Bertz CT molecular complexity index is 579. The number of aliphatic carboxylic acids is 1. The van der Waals surface area contributed by atoms with Crippen LogP contribution in [0.2, 0.25) is 0 Å². The third-order valence-corrected chi connectivity index (χ3v) is 5.36. The van der Waals surface area contributed by atoms with Crippen LogP contribution in [0.4, 0.5) is 13.2 Å². The monoisotopic (exact) mass is 478 g/mol. The van der Waals surface area contributed by atoms with Crippen LogP contribution in [-0.4, -0.2) is 52.9 Å². The highest BCUT2D eigenvalue weighted by Gasteiger charge is 2.38. The average Bonchev–Trinajstić information content (AvgIpc) is 2.56. The Hall–Kier alpha value is -0.950. The van der Waals surface area contributed by atoms with Crippen molar-refractivity contribution in [3.05, 3.63) is 34.3 Å². The Morgan fingerprint density at radius 1 is 1.27 bits per heavy atom. The number of hydrogen-bond donors (Lipinski definition) is 4. The van der Waals surface area contributed by atoms with Gasteiger partial charge in [0.05, 0.1) is 0 Å². The summed E-state index contributed by atoms with van der Waals surface area (Å²) in [6.45, 7) is 1.19. The predicted molar refractivity (Wildman–Crippen MR) is 99.8 cm³/mol. The van der Waals surface area contributed by atoms with Crippen molar-refractivity contribution in [2.45, 2.75) is 12.3 Å². The molecule has 0 aliphatic rings. The number of hydrogen-bond acceptors (Lipinski definition) is 6. The zero-order valence-corrected chi connectivity index (χ0v) is 16.6. The van der Waals surface area contributed by atoms with Gasteiger partial charge in [0.2, 0.25) is 0 Å². The summed E-state index contributed by atoms with van der Waals surface area (Å²) in [6.07, 6.45) is -6.21. The molecule has 0 bridgehead atoms. The lowest BCUT2D eigenvalue weighted by molar-refractivity contribution is -0.192. The second kappa shape index (κ2) is 13.3. The molecule has 6 nitrogen and oxygen atoms in total. The Labute approximate surface area is 164 Å². The maximum absolute atomic E-state index is 11.7. The third kappa shape index (κ3) is 11.6. The van der Waals surface area contributed by atoms with E-state index in [0.29, 0.717) is 18.7 Å².